The molecule has 0 spiro atoms. The number of carbonyl (C=O) groups is 2. The third-order valence-corrected chi connectivity index (χ3v) is 5.29. The molecule has 0 aliphatic carbocycles. The van der Waals surface area contributed by atoms with Crippen LogP contribution in [0.15, 0.2) is 11.7 Å². The predicted octanol–water partition coefficient (Wildman–Crippen LogP) is -3.04. The zero-order chi connectivity index (χ0) is 20.0. The number of rotatable bonds is 5. The van der Waals surface area contributed by atoms with Gasteiger partial charge in [0.05, 0.1) is 10.4 Å². The van der Waals surface area contributed by atoms with Gasteiger partial charge in [-0.2, -0.15) is 4.57 Å². The van der Waals surface area contributed by atoms with Crippen molar-refractivity contribution in [1.82, 2.24) is 15.3 Å². The summed E-state index contributed by atoms with van der Waals surface area (Å²) >= 11 is 1.65. The smallest absolute Gasteiger partial charge is 0.326 e. The van der Waals surface area contributed by atoms with Crippen molar-refractivity contribution in [3.63, 3.8) is 0 Å². The van der Waals surface area contributed by atoms with Crippen molar-refractivity contribution in [3.8, 4) is 0 Å². The number of carboxylic acid groups (broad SMARTS) is 1. The summed E-state index contributed by atoms with van der Waals surface area (Å²) in [7, 11) is 0. The van der Waals surface area contributed by atoms with E-state index in [2.05, 4.69) is 19.9 Å². The number of amides is 1. The molecule has 0 unspecified atom stereocenters. The Balaban J connectivity index is 0.000000332. The summed E-state index contributed by atoms with van der Waals surface area (Å²) < 4.78 is 2.11. The summed E-state index contributed by atoms with van der Waals surface area (Å²) in [6.45, 7) is 4.71. The maximum Gasteiger partial charge on any atom is 0.326 e. The van der Waals surface area contributed by atoms with E-state index in [1.54, 1.807) is 17.5 Å². The molecule has 154 valence electrons. The molecule has 3 heterocycles. The third kappa shape index (κ3) is 6.39. The molecule has 1 atom stereocenters. The van der Waals surface area contributed by atoms with Crippen LogP contribution >= 0.6 is 11.3 Å². The van der Waals surface area contributed by atoms with Gasteiger partial charge in [0.25, 0.3) is 0 Å². The van der Waals surface area contributed by atoms with Crippen LogP contribution in [0.25, 0.3) is 0 Å². The molecule has 11 heteroatoms. The van der Waals surface area contributed by atoms with Crippen LogP contribution in [0.1, 0.15) is 34.8 Å². The number of anilines is 1. The number of nitrogens with two attached hydrogens (primary N) is 1. The van der Waals surface area contributed by atoms with E-state index in [0.717, 1.165) is 11.3 Å². The Labute approximate surface area is 173 Å². The number of thiazole rings is 1. The largest absolute Gasteiger partial charge is 1.00 e. The Morgan fingerprint density at radius 2 is 2.18 bits per heavy atom. The van der Waals surface area contributed by atoms with Crippen molar-refractivity contribution in [2.45, 2.75) is 45.7 Å². The van der Waals surface area contributed by atoms with Gasteiger partial charge < -0.3 is 33.7 Å². The zero-order valence-electron chi connectivity index (χ0n) is 15.7. The number of aliphatic hydroxyl groups excluding tert-OH is 1. The molecule has 1 aliphatic rings. The lowest BCUT2D eigenvalue weighted by atomic mass is 10.2. The number of aromatic nitrogens is 3. The van der Waals surface area contributed by atoms with Crippen molar-refractivity contribution in [2.24, 2.45) is 0 Å². The summed E-state index contributed by atoms with van der Waals surface area (Å²) in [5.41, 5.74) is 10.0. The molecule has 0 bridgehead atoms. The second kappa shape index (κ2) is 10.9. The van der Waals surface area contributed by atoms with Crippen LogP contribution in [0.3, 0.4) is 0 Å². The van der Waals surface area contributed by atoms with Crippen molar-refractivity contribution < 1.29 is 36.8 Å². The van der Waals surface area contributed by atoms with E-state index in [1.165, 1.54) is 4.88 Å². The third-order valence-electron chi connectivity index (χ3n) is 4.15. The number of hydrogen-bond acceptors (Lipinski definition) is 7. The van der Waals surface area contributed by atoms with Crippen molar-refractivity contribution in [1.29, 1.82) is 0 Å². The molecule has 1 amide bonds. The molecule has 5 N–H and O–H groups in total. The van der Waals surface area contributed by atoms with Gasteiger partial charge in [-0.1, -0.05) is 11.3 Å². The summed E-state index contributed by atoms with van der Waals surface area (Å²) in [4.78, 5) is 30.0. The van der Waals surface area contributed by atoms with E-state index in [4.69, 9.17) is 15.9 Å². The standard InChI is InChI=1S/C12H17N4OS.C5H7NO3.ClH/c1-8-11(3-4-17)18-7-16(8)6-10-5-14-9(2)15-12(10)13;7-4-2-1-3(6-4)5(8)9;/h5,7,17H,3-4,6H2,1-2H3,(H2,13,14,15);3H,1-2H2,(H,6,7)(H,8,9);1H/q+1;;/p-1/t;3-;/m.0./s1. The average molecular weight is 430 g/mol. The number of nitrogens with one attached hydrogen (secondary N) is 1. The highest BCUT2D eigenvalue weighted by molar-refractivity contribution is 7.09. The fourth-order valence-electron chi connectivity index (χ4n) is 2.57. The van der Waals surface area contributed by atoms with Crippen LogP contribution in [0.2, 0.25) is 0 Å². The highest BCUT2D eigenvalue weighted by atomic mass is 35.5. The number of carboxylic acids is 1. The van der Waals surface area contributed by atoms with E-state index >= 15 is 0 Å². The van der Waals surface area contributed by atoms with E-state index < -0.39 is 12.0 Å². The lowest BCUT2D eigenvalue weighted by Gasteiger charge is -2.01. The molecule has 1 aliphatic heterocycles. The van der Waals surface area contributed by atoms with Crippen LogP contribution in [0.5, 0.6) is 0 Å². The highest BCUT2D eigenvalue weighted by Gasteiger charge is 2.26. The first-order valence-electron chi connectivity index (χ1n) is 8.49. The summed E-state index contributed by atoms with van der Waals surface area (Å²) in [5.74, 6) is 0.108. The van der Waals surface area contributed by atoms with Crippen molar-refractivity contribution >= 4 is 29.0 Å². The minimum Gasteiger partial charge on any atom is -1.00 e. The SMILES string of the molecule is Cc1ncc(C[n+]2csc(CCO)c2C)c(N)n1.O=C1CC[C@@H](C(=O)O)N1.[Cl-]. The van der Waals surface area contributed by atoms with Gasteiger partial charge in [0.1, 0.15) is 17.7 Å². The van der Waals surface area contributed by atoms with Gasteiger partial charge in [-0.25, -0.2) is 14.8 Å². The lowest BCUT2D eigenvalue weighted by Crippen LogP contribution is -3.00. The number of hydrogen-bond donors (Lipinski definition) is 4. The first-order valence-corrected chi connectivity index (χ1v) is 9.37. The number of nitrogen functional groups attached to an aromatic ring is 1. The number of aryl methyl sites for hydroxylation is 1. The Kier molecular flexibility index (Phi) is 9.23. The van der Waals surface area contributed by atoms with Crippen molar-refractivity contribution in [2.75, 3.05) is 12.3 Å². The lowest BCUT2D eigenvalue weighted by molar-refractivity contribution is -0.689. The van der Waals surface area contributed by atoms with E-state index in [-0.39, 0.29) is 24.9 Å². The minimum atomic E-state index is -0.944. The van der Waals surface area contributed by atoms with E-state index in [0.29, 0.717) is 37.4 Å². The molecule has 0 aromatic carbocycles. The molecular formula is C17H24ClN5O4S. The van der Waals surface area contributed by atoms with Gasteiger partial charge in [-0.15, -0.1) is 0 Å². The predicted molar refractivity (Wildman–Crippen MR) is 99.1 cm³/mol. The molecule has 0 radical (unpaired) electrons. The summed E-state index contributed by atoms with van der Waals surface area (Å²) in [5, 5.41) is 19.6. The Bertz CT molecular complexity index is 830. The van der Waals surface area contributed by atoms with Crippen LogP contribution in [0.4, 0.5) is 5.82 Å². The molecule has 2 aromatic heterocycles. The molecule has 2 aromatic rings. The maximum atomic E-state index is 10.4. The fraction of sp³-hybridized carbons (Fsp3) is 0.471. The molecule has 3 rings (SSSR count). The number of aliphatic hydroxyl groups is 1. The first-order chi connectivity index (χ1) is 12.8. The normalized spacial score (nSPS) is 15.2. The molecule has 1 saturated heterocycles. The number of carbonyl (C=O) groups excluding carboxylic acids is 1. The Morgan fingerprint density at radius 3 is 2.68 bits per heavy atom. The van der Waals surface area contributed by atoms with Crippen LogP contribution < -0.4 is 28.0 Å². The highest BCUT2D eigenvalue weighted by Crippen LogP contribution is 2.13. The first kappa shape index (κ1) is 23.7. The quantitative estimate of drug-likeness (QED) is 0.370. The average Bonchev–Trinajstić information content (AvgIpc) is 3.19. The van der Waals surface area contributed by atoms with Gasteiger partial charge >= 0.3 is 5.97 Å². The van der Waals surface area contributed by atoms with Gasteiger partial charge in [0.2, 0.25) is 11.4 Å². The van der Waals surface area contributed by atoms with Gasteiger partial charge in [0.15, 0.2) is 12.2 Å². The second-order valence-electron chi connectivity index (χ2n) is 6.16. The van der Waals surface area contributed by atoms with Gasteiger partial charge in [-0.3, -0.25) is 4.79 Å². The van der Waals surface area contributed by atoms with Crippen LogP contribution in [-0.4, -0.2) is 44.7 Å². The zero-order valence-corrected chi connectivity index (χ0v) is 17.3. The molecule has 28 heavy (non-hydrogen) atoms. The molecular weight excluding hydrogens is 406 g/mol. The number of aliphatic carboxylic acids is 1. The molecule has 0 saturated carbocycles. The van der Waals surface area contributed by atoms with E-state index in [9.17, 15) is 9.59 Å². The Hall–Kier alpha value is -2.30. The van der Waals surface area contributed by atoms with Crippen LogP contribution in [-0.2, 0) is 22.6 Å². The topological polar surface area (TPSA) is 142 Å². The maximum absolute atomic E-state index is 10.4. The van der Waals surface area contributed by atoms with Crippen molar-refractivity contribution in [3.05, 3.63) is 33.7 Å². The summed E-state index contributed by atoms with van der Waals surface area (Å²) in [6.07, 6.45) is 3.24. The van der Waals surface area contributed by atoms with Gasteiger partial charge in [-0.05, 0) is 13.3 Å². The Morgan fingerprint density at radius 1 is 1.46 bits per heavy atom. The molecule has 1 fully saturated rings. The monoisotopic (exact) mass is 429 g/mol. The van der Waals surface area contributed by atoms with Crippen LogP contribution in [0, 0.1) is 13.8 Å². The fourth-order valence-corrected chi connectivity index (χ4v) is 3.55. The second-order valence-corrected chi connectivity index (χ2v) is 7.10. The number of halogens is 1. The summed E-state index contributed by atoms with van der Waals surface area (Å²) in [6, 6.07) is -0.641. The minimum absolute atomic E-state index is 0. The molecule has 9 nitrogen and oxygen atoms in total. The van der Waals surface area contributed by atoms with Gasteiger partial charge in [0, 0.05) is 32.6 Å². The number of nitrogens with zero attached hydrogens (tertiary/aromatic N) is 3. The van der Waals surface area contributed by atoms with E-state index in [1.807, 2.05) is 19.4 Å².